The minimum Gasteiger partial charge on any atom is -0.356 e. The number of pyridine rings is 1. The van der Waals surface area contributed by atoms with Crippen LogP contribution in [0.5, 0.6) is 0 Å². The molecule has 1 aromatic heterocycles. The summed E-state index contributed by atoms with van der Waals surface area (Å²) in [4.78, 5) is 29.7. The van der Waals surface area contributed by atoms with Crippen molar-refractivity contribution in [2.45, 2.75) is 19.3 Å². The number of hydrogen-bond donors (Lipinski definition) is 1. The minimum absolute atomic E-state index is 0.114. The number of rotatable bonds is 1. The highest BCUT2D eigenvalue weighted by Crippen LogP contribution is 2.38. The summed E-state index contributed by atoms with van der Waals surface area (Å²) in [5.41, 5.74) is -0.397. The molecule has 2 aliphatic heterocycles. The summed E-state index contributed by atoms with van der Waals surface area (Å²) in [5, 5.41) is 2.46. The molecule has 0 bridgehead atoms. The molecule has 1 N–H and O–H groups in total. The van der Waals surface area contributed by atoms with Gasteiger partial charge >= 0.3 is 0 Å². The lowest BCUT2D eigenvalue weighted by Gasteiger charge is -2.31. The Kier molecular flexibility index (Phi) is 2.54. The predicted molar refractivity (Wildman–Crippen MR) is 65.9 cm³/mol. The highest BCUT2D eigenvalue weighted by atomic mass is 16.2. The molecule has 2 aliphatic rings. The summed E-state index contributed by atoms with van der Waals surface area (Å²) < 4.78 is 0. The maximum absolute atomic E-state index is 12.0. The summed E-state index contributed by atoms with van der Waals surface area (Å²) >= 11 is 0. The third-order valence-corrected chi connectivity index (χ3v) is 3.89. The van der Waals surface area contributed by atoms with E-state index in [4.69, 9.17) is 0 Å². The molecule has 1 aromatic rings. The van der Waals surface area contributed by atoms with Gasteiger partial charge in [-0.2, -0.15) is 0 Å². The van der Waals surface area contributed by atoms with Crippen LogP contribution in [-0.4, -0.2) is 29.9 Å². The van der Waals surface area contributed by atoms with E-state index in [0.29, 0.717) is 19.4 Å². The average molecular weight is 245 g/mol. The first-order chi connectivity index (χ1) is 8.70. The molecule has 18 heavy (non-hydrogen) atoms. The summed E-state index contributed by atoms with van der Waals surface area (Å²) in [6, 6.07) is 5.77. The van der Waals surface area contributed by atoms with Crippen LogP contribution in [0.2, 0.25) is 0 Å². The number of carbonyl (C=O) groups is 2. The van der Waals surface area contributed by atoms with Crippen LogP contribution in [-0.2, 0) is 9.59 Å². The van der Waals surface area contributed by atoms with Gasteiger partial charge in [0.25, 0.3) is 0 Å². The molecule has 1 atom stereocenters. The van der Waals surface area contributed by atoms with Gasteiger partial charge in [0.1, 0.15) is 5.82 Å². The monoisotopic (exact) mass is 245 g/mol. The molecule has 1 spiro atoms. The molecular weight excluding hydrogens is 230 g/mol. The first-order valence-electron chi connectivity index (χ1n) is 6.20. The quantitative estimate of drug-likeness (QED) is 0.740. The number of carbonyl (C=O) groups excluding carboxylic acids is 2. The van der Waals surface area contributed by atoms with Gasteiger partial charge in [-0.15, -0.1) is 0 Å². The van der Waals surface area contributed by atoms with Gasteiger partial charge in [0.15, 0.2) is 0 Å². The standard InChI is InChI=1S/C13H15N3O2/c17-11-4-5-13(12(18)15-11)6-8-16(9-13)10-3-1-2-7-14-10/h1-3,7H,4-6,8-9H2,(H,15,17,18). The number of nitrogens with one attached hydrogen (secondary N) is 1. The van der Waals surface area contributed by atoms with Gasteiger partial charge in [-0.3, -0.25) is 14.9 Å². The lowest BCUT2D eigenvalue weighted by molar-refractivity contribution is -0.140. The van der Waals surface area contributed by atoms with E-state index in [-0.39, 0.29) is 11.8 Å². The summed E-state index contributed by atoms with van der Waals surface area (Å²) in [7, 11) is 0. The lowest BCUT2D eigenvalue weighted by atomic mass is 9.79. The van der Waals surface area contributed by atoms with Crippen molar-refractivity contribution in [2.24, 2.45) is 5.41 Å². The molecule has 2 saturated heterocycles. The van der Waals surface area contributed by atoms with Gasteiger partial charge in [0.05, 0.1) is 5.41 Å². The summed E-state index contributed by atoms with van der Waals surface area (Å²) in [6.45, 7) is 1.47. The molecule has 0 radical (unpaired) electrons. The maximum Gasteiger partial charge on any atom is 0.234 e. The smallest absolute Gasteiger partial charge is 0.234 e. The van der Waals surface area contributed by atoms with Gasteiger partial charge in [0, 0.05) is 25.7 Å². The zero-order chi connectivity index (χ0) is 12.6. The number of anilines is 1. The molecule has 0 aliphatic carbocycles. The van der Waals surface area contributed by atoms with Crippen molar-refractivity contribution in [2.75, 3.05) is 18.0 Å². The van der Waals surface area contributed by atoms with Crippen molar-refractivity contribution < 1.29 is 9.59 Å². The number of amides is 2. The molecule has 2 fully saturated rings. The van der Waals surface area contributed by atoms with E-state index in [2.05, 4.69) is 15.2 Å². The Bertz CT molecular complexity index is 488. The topological polar surface area (TPSA) is 62.3 Å². The van der Waals surface area contributed by atoms with Crippen LogP contribution in [0, 0.1) is 5.41 Å². The fourth-order valence-corrected chi connectivity index (χ4v) is 2.79. The van der Waals surface area contributed by atoms with Crippen LogP contribution in [0.25, 0.3) is 0 Å². The minimum atomic E-state index is -0.397. The molecule has 2 amide bonds. The van der Waals surface area contributed by atoms with Gasteiger partial charge < -0.3 is 4.90 Å². The number of piperidine rings is 1. The van der Waals surface area contributed by atoms with Gasteiger partial charge in [0.2, 0.25) is 11.8 Å². The van der Waals surface area contributed by atoms with E-state index in [1.165, 1.54) is 0 Å². The Labute approximate surface area is 105 Å². The predicted octanol–water partition coefficient (Wildman–Crippen LogP) is 0.715. The van der Waals surface area contributed by atoms with Gasteiger partial charge in [-0.05, 0) is 25.0 Å². The molecule has 3 rings (SSSR count). The maximum atomic E-state index is 12.0. The fourth-order valence-electron chi connectivity index (χ4n) is 2.79. The third-order valence-electron chi connectivity index (χ3n) is 3.89. The van der Waals surface area contributed by atoms with Crippen LogP contribution in [0.4, 0.5) is 5.82 Å². The Morgan fingerprint density at radius 1 is 1.28 bits per heavy atom. The van der Waals surface area contributed by atoms with E-state index in [1.54, 1.807) is 6.20 Å². The molecule has 1 unspecified atom stereocenters. The largest absolute Gasteiger partial charge is 0.356 e. The lowest BCUT2D eigenvalue weighted by Crippen LogP contribution is -2.50. The van der Waals surface area contributed by atoms with Crippen LogP contribution in [0.1, 0.15) is 19.3 Å². The van der Waals surface area contributed by atoms with Crippen molar-refractivity contribution >= 4 is 17.6 Å². The molecule has 0 saturated carbocycles. The highest BCUT2D eigenvalue weighted by molar-refractivity contribution is 6.01. The van der Waals surface area contributed by atoms with E-state index in [1.807, 2.05) is 18.2 Å². The van der Waals surface area contributed by atoms with Crippen LogP contribution < -0.4 is 10.2 Å². The second-order valence-corrected chi connectivity index (χ2v) is 5.02. The molecule has 5 heteroatoms. The Morgan fingerprint density at radius 2 is 2.17 bits per heavy atom. The number of imide groups is 1. The van der Waals surface area contributed by atoms with Crippen LogP contribution in [0.15, 0.2) is 24.4 Å². The summed E-state index contributed by atoms with van der Waals surface area (Å²) in [5.74, 6) is 0.637. The number of hydrogen-bond acceptors (Lipinski definition) is 4. The normalized spacial score (nSPS) is 27.7. The molecule has 5 nitrogen and oxygen atoms in total. The molecule has 3 heterocycles. The van der Waals surface area contributed by atoms with E-state index >= 15 is 0 Å². The molecular formula is C13H15N3O2. The second kappa shape index (κ2) is 4.08. The Balaban J connectivity index is 1.79. The molecule has 0 aromatic carbocycles. The second-order valence-electron chi connectivity index (χ2n) is 5.02. The Morgan fingerprint density at radius 3 is 2.89 bits per heavy atom. The SMILES string of the molecule is O=C1CCC2(CCN(c3ccccn3)C2)C(=O)N1. The molecule has 94 valence electrons. The van der Waals surface area contributed by atoms with Crippen molar-refractivity contribution in [3.8, 4) is 0 Å². The van der Waals surface area contributed by atoms with Crippen molar-refractivity contribution in [3.63, 3.8) is 0 Å². The van der Waals surface area contributed by atoms with Gasteiger partial charge in [-0.25, -0.2) is 4.98 Å². The van der Waals surface area contributed by atoms with E-state index in [9.17, 15) is 9.59 Å². The van der Waals surface area contributed by atoms with Crippen molar-refractivity contribution in [1.82, 2.24) is 10.3 Å². The van der Waals surface area contributed by atoms with Crippen LogP contribution in [0.3, 0.4) is 0 Å². The van der Waals surface area contributed by atoms with Crippen LogP contribution >= 0.6 is 0 Å². The van der Waals surface area contributed by atoms with Crippen molar-refractivity contribution in [1.29, 1.82) is 0 Å². The van der Waals surface area contributed by atoms with E-state index in [0.717, 1.165) is 18.8 Å². The zero-order valence-corrected chi connectivity index (χ0v) is 10.1. The first kappa shape index (κ1) is 11.2. The highest BCUT2D eigenvalue weighted by Gasteiger charge is 2.47. The summed E-state index contributed by atoms with van der Waals surface area (Å²) in [6.07, 6.45) is 3.65. The van der Waals surface area contributed by atoms with Gasteiger partial charge in [-0.1, -0.05) is 6.07 Å². The van der Waals surface area contributed by atoms with Crippen molar-refractivity contribution in [3.05, 3.63) is 24.4 Å². The fraction of sp³-hybridized carbons (Fsp3) is 0.462. The number of aromatic nitrogens is 1. The average Bonchev–Trinajstić information content (AvgIpc) is 2.82. The first-order valence-corrected chi connectivity index (χ1v) is 6.20. The number of nitrogens with zero attached hydrogens (tertiary/aromatic N) is 2. The Hall–Kier alpha value is -1.91. The third kappa shape index (κ3) is 1.75. The zero-order valence-electron chi connectivity index (χ0n) is 10.1. The van der Waals surface area contributed by atoms with E-state index < -0.39 is 5.41 Å².